The second-order valence-electron chi connectivity index (χ2n) is 4.01. The predicted octanol–water partition coefficient (Wildman–Crippen LogP) is -0.0541. The Bertz CT molecular complexity index is 441. The van der Waals surface area contributed by atoms with Gasteiger partial charge in [0.25, 0.3) is 0 Å². The van der Waals surface area contributed by atoms with Crippen LogP contribution in [-0.4, -0.2) is 32.0 Å². The third-order valence-corrected chi connectivity index (χ3v) is 2.42. The molecule has 0 heterocycles. The molecule has 1 rings (SSSR count). The fraction of sp³-hybridized carbons (Fsp3) is 0.385. The molecule has 0 aliphatic heterocycles. The van der Waals surface area contributed by atoms with Gasteiger partial charge in [-0.15, -0.1) is 12.4 Å². The van der Waals surface area contributed by atoms with Crippen molar-refractivity contribution in [1.82, 2.24) is 10.6 Å². The number of hydrogen-bond acceptors (Lipinski definition) is 4. The summed E-state index contributed by atoms with van der Waals surface area (Å²) >= 11 is 0. The van der Waals surface area contributed by atoms with Gasteiger partial charge in [-0.3, -0.25) is 9.59 Å². The molecule has 0 unspecified atom stereocenters. The van der Waals surface area contributed by atoms with Gasteiger partial charge in [-0.2, -0.15) is 0 Å². The van der Waals surface area contributed by atoms with Crippen molar-refractivity contribution in [2.45, 2.75) is 13.2 Å². The first-order valence-electron chi connectivity index (χ1n) is 5.96. The minimum Gasteiger partial charge on any atom is -0.380 e. The Balaban J connectivity index is 0.00000361. The summed E-state index contributed by atoms with van der Waals surface area (Å²) in [5, 5.41) is 5.12. The Morgan fingerprint density at radius 1 is 1.20 bits per heavy atom. The number of amides is 2. The van der Waals surface area contributed by atoms with Gasteiger partial charge in [0.2, 0.25) is 11.8 Å². The van der Waals surface area contributed by atoms with E-state index in [0.717, 1.165) is 11.1 Å². The summed E-state index contributed by atoms with van der Waals surface area (Å²) in [7, 11) is 1.63. The molecule has 0 aromatic heterocycles. The van der Waals surface area contributed by atoms with Crippen LogP contribution < -0.4 is 16.4 Å². The Labute approximate surface area is 124 Å². The first-order chi connectivity index (χ1) is 9.15. The van der Waals surface area contributed by atoms with Crippen LogP contribution in [-0.2, 0) is 27.5 Å². The Morgan fingerprint density at radius 3 is 2.55 bits per heavy atom. The highest BCUT2D eigenvalue weighted by molar-refractivity contribution is 5.85. The fourth-order valence-electron chi connectivity index (χ4n) is 1.51. The maximum atomic E-state index is 11.5. The fourth-order valence-corrected chi connectivity index (χ4v) is 1.51. The lowest BCUT2D eigenvalue weighted by atomic mass is 10.1. The van der Waals surface area contributed by atoms with Crippen molar-refractivity contribution in [3.63, 3.8) is 0 Å². The monoisotopic (exact) mass is 301 g/mol. The highest BCUT2D eigenvalue weighted by Gasteiger charge is 2.04. The molecule has 1 aromatic rings. The number of nitrogens with two attached hydrogens (primary N) is 1. The van der Waals surface area contributed by atoms with Crippen molar-refractivity contribution in [2.75, 3.05) is 20.2 Å². The van der Waals surface area contributed by atoms with Crippen LogP contribution in [0.15, 0.2) is 24.3 Å². The van der Waals surface area contributed by atoms with Gasteiger partial charge in [-0.1, -0.05) is 24.3 Å². The lowest BCUT2D eigenvalue weighted by Crippen LogP contribution is -2.39. The van der Waals surface area contributed by atoms with Gasteiger partial charge in [0, 0.05) is 13.7 Å². The number of methoxy groups -OCH3 is 1. The second-order valence-corrected chi connectivity index (χ2v) is 4.01. The zero-order valence-corrected chi connectivity index (χ0v) is 12.2. The van der Waals surface area contributed by atoms with Gasteiger partial charge >= 0.3 is 0 Å². The summed E-state index contributed by atoms with van der Waals surface area (Å²) in [4.78, 5) is 22.3. The molecule has 1 aromatic carbocycles. The van der Waals surface area contributed by atoms with E-state index < -0.39 is 0 Å². The van der Waals surface area contributed by atoms with E-state index in [-0.39, 0.29) is 37.3 Å². The molecule has 0 saturated carbocycles. The summed E-state index contributed by atoms with van der Waals surface area (Å²) in [6.45, 7) is 0.767. The molecular weight excluding hydrogens is 282 g/mol. The van der Waals surface area contributed by atoms with Crippen LogP contribution >= 0.6 is 12.4 Å². The third kappa shape index (κ3) is 7.08. The quantitative estimate of drug-likeness (QED) is 0.658. The number of benzene rings is 1. The zero-order valence-electron chi connectivity index (χ0n) is 11.3. The van der Waals surface area contributed by atoms with Crippen LogP contribution in [0.1, 0.15) is 11.1 Å². The minimum absolute atomic E-state index is 0. The minimum atomic E-state index is -0.350. The maximum Gasteiger partial charge on any atom is 0.239 e. The van der Waals surface area contributed by atoms with Gasteiger partial charge in [-0.25, -0.2) is 0 Å². The molecule has 2 amide bonds. The number of hydrogen-bond donors (Lipinski definition) is 3. The molecule has 0 aliphatic rings. The summed E-state index contributed by atoms with van der Waals surface area (Å²) in [6.07, 6.45) is 0. The number of ether oxygens (including phenoxy) is 1. The first-order valence-corrected chi connectivity index (χ1v) is 5.96. The van der Waals surface area contributed by atoms with Crippen molar-refractivity contribution in [2.24, 2.45) is 5.73 Å². The normalized spacial score (nSPS) is 9.50. The standard InChI is InChI=1S/C13H19N3O3.ClH/c1-19-9-11-4-2-3-10(5-11)7-15-13(18)8-16-12(17)6-14;/h2-5H,6-9,14H2,1H3,(H,15,18)(H,16,17);1H. The van der Waals surface area contributed by atoms with E-state index in [2.05, 4.69) is 10.6 Å². The first kappa shape index (κ1) is 18.4. The molecule has 6 nitrogen and oxygen atoms in total. The molecule has 112 valence electrons. The average Bonchev–Trinajstić information content (AvgIpc) is 2.43. The van der Waals surface area contributed by atoms with Crippen molar-refractivity contribution in [3.05, 3.63) is 35.4 Å². The van der Waals surface area contributed by atoms with Gasteiger partial charge in [0.1, 0.15) is 0 Å². The van der Waals surface area contributed by atoms with E-state index in [9.17, 15) is 9.59 Å². The molecule has 0 saturated heterocycles. The highest BCUT2D eigenvalue weighted by atomic mass is 35.5. The second kappa shape index (κ2) is 10.2. The Morgan fingerprint density at radius 2 is 1.90 bits per heavy atom. The predicted molar refractivity (Wildman–Crippen MR) is 78.3 cm³/mol. The highest BCUT2D eigenvalue weighted by Crippen LogP contribution is 2.05. The number of rotatable bonds is 7. The molecule has 0 spiro atoms. The molecule has 0 bridgehead atoms. The van der Waals surface area contributed by atoms with E-state index in [1.54, 1.807) is 7.11 Å². The lowest BCUT2D eigenvalue weighted by molar-refractivity contribution is -0.125. The Hall–Kier alpha value is -1.63. The van der Waals surface area contributed by atoms with Crippen LogP contribution in [0.3, 0.4) is 0 Å². The molecular formula is C13H20ClN3O3. The van der Waals surface area contributed by atoms with Crippen molar-refractivity contribution in [3.8, 4) is 0 Å². The molecule has 7 heteroatoms. The van der Waals surface area contributed by atoms with Crippen LogP contribution in [0.25, 0.3) is 0 Å². The summed E-state index contributed by atoms with van der Waals surface area (Å²) < 4.78 is 5.04. The van der Waals surface area contributed by atoms with Gasteiger partial charge in [0.05, 0.1) is 19.7 Å². The van der Waals surface area contributed by atoms with Crippen LogP contribution in [0.4, 0.5) is 0 Å². The van der Waals surface area contributed by atoms with Crippen LogP contribution in [0.2, 0.25) is 0 Å². The van der Waals surface area contributed by atoms with E-state index >= 15 is 0 Å². The van der Waals surface area contributed by atoms with E-state index in [4.69, 9.17) is 10.5 Å². The SMILES string of the molecule is COCc1cccc(CNC(=O)CNC(=O)CN)c1.Cl. The Kier molecular flexibility index (Phi) is 9.36. The maximum absolute atomic E-state index is 11.5. The van der Waals surface area contributed by atoms with Crippen molar-refractivity contribution >= 4 is 24.2 Å². The third-order valence-electron chi connectivity index (χ3n) is 2.42. The number of carbonyl (C=O) groups is 2. The van der Waals surface area contributed by atoms with Crippen LogP contribution in [0, 0.1) is 0 Å². The number of nitrogens with one attached hydrogen (secondary N) is 2. The van der Waals surface area contributed by atoms with Gasteiger partial charge in [-0.05, 0) is 11.1 Å². The molecule has 0 atom stereocenters. The topological polar surface area (TPSA) is 93.5 Å². The molecule has 0 fully saturated rings. The van der Waals surface area contributed by atoms with Gasteiger partial charge in [0.15, 0.2) is 0 Å². The molecule has 20 heavy (non-hydrogen) atoms. The van der Waals surface area contributed by atoms with E-state index in [0.29, 0.717) is 13.2 Å². The van der Waals surface area contributed by atoms with Crippen LogP contribution in [0.5, 0.6) is 0 Å². The lowest BCUT2D eigenvalue weighted by Gasteiger charge is -2.07. The largest absolute Gasteiger partial charge is 0.380 e. The average molecular weight is 302 g/mol. The number of carbonyl (C=O) groups excluding carboxylic acids is 2. The van der Waals surface area contributed by atoms with Crippen molar-refractivity contribution < 1.29 is 14.3 Å². The van der Waals surface area contributed by atoms with E-state index in [1.807, 2.05) is 24.3 Å². The zero-order chi connectivity index (χ0) is 14.1. The van der Waals surface area contributed by atoms with Crippen molar-refractivity contribution in [1.29, 1.82) is 0 Å². The molecule has 0 aliphatic carbocycles. The summed E-state index contributed by atoms with van der Waals surface area (Å²) in [5.41, 5.74) is 7.14. The van der Waals surface area contributed by atoms with Gasteiger partial charge < -0.3 is 21.1 Å². The smallest absolute Gasteiger partial charge is 0.239 e. The summed E-state index contributed by atoms with van der Waals surface area (Å²) in [6, 6.07) is 7.74. The number of halogens is 1. The molecule has 0 radical (unpaired) electrons. The van der Waals surface area contributed by atoms with E-state index in [1.165, 1.54) is 0 Å². The molecule has 4 N–H and O–H groups in total. The summed E-state index contributed by atoms with van der Waals surface area (Å²) in [5.74, 6) is -0.601.